The van der Waals surface area contributed by atoms with Gasteiger partial charge in [0.1, 0.15) is 11.5 Å². The number of amides is 1. The summed E-state index contributed by atoms with van der Waals surface area (Å²) < 4.78 is 30.3. The summed E-state index contributed by atoms with van der Waals surface area (Å²) in [7, 11) is -3.55. The van der Waals surface area contributed by atoms with Crippen molar-refractivity contribution in [2.45, 2.75) is 31.4 Å². The Hall–Kier alpha value is -3.19. The molecule has 0 aliphatic heterocycles. The molecule has 29 heavy (non-hydrogen) atoms. The average Bonchev–Trinajstić information content (AvgIpc) is 3.14. The smallest absolute Gasteiger partial charge is 0.307 e. The minimum absolute atomic E-state index is 0.000407. The second-order valence-corrected chi connectivity index (χ2v) is 8.78. The number of benzene rings is 2. The minimum atomic E-state index is -3.55. The van der Waals surface area contributed by atoms with Gasteiger partial charge in [-0.25, -0.2) is 13.8 Å². The summed E-state index contributed by atoms with van der Waals surface area (Å²) in [6, 6.07) is 17.0. The molecule has 0 aliphatic carbocycles. The number of carbonyl (C=O) groups excluding carboxylic acids is 1. The van der Waals surface area contributed by atoms with E-state index >= 15 is 0 Å². The minimum Gasteiger partial charge on any atom is -0.455 e. The van der Waals surface area contributed by atoms with Crippen LogP contribution in [0.2, 0.25) is 0 Å². The molecule has 0 spiro atoms. The number of aryl methyl sites for hydroxylation is 2. The van der Waals surface area contributed by atoms with E-state index in [0.29, 0.717) is 5.71 Å². The van der Waals surface area contributed by atoms with Gasteiger partial charge in [0, 0.05) is 5.56 Å². The van der Waals surface area contributed by atoms with Gasteiger partial charge in [-0.15, -0.1) is 0 Å². The van der Waals surface area contributed by atoms with Gasteiger partial charge in [-0.3, -0.25) is 4.79 Å². The number of rotatable bonds is 6. The number of carbonyl (C=O) groups is 1. The van der Waals surface area contributed by atoms with E-state index in [1.807, 2.05) is 32.0 Å². The van der Waals surface area contributed by atoms with E-state index in [4.69, 9.17) is 4.42 Å². The normalized spacial score (nSPS) is 12.0. The highest BCUT2D eigenvalue weighted by molar-refractivity contribution is 7.90. The lowest BCUT2D eigenvalue weighted by Crippen LogP contribution is -2.19. The molecule has 0 unspecified atom stereocenters. The maximum atomic E-state index is 12.4. The third-order valence-corrected chi connectivity index (χ3v) is 6.07. The summed E-state index contributed by atoms with van der Waals surface area (Å²) in [5.41, 5.74) is 6.26. The van der Waals surface area contributed by atoms with Gasteiger partial charge in [0.15, 0.2) is 15.6 Å². The molecule has 2 aromatic carbocycles. The fourth-order valence-corrected chi connectivity index (χ4v) is 4.21. The summed E-state index contributed by atoms with van der Waals surface area (Å²) in [6.07, 6.45) is 0. The predicted molar refractivity (Wildman–Crippen MR) is 112 cm³/mol. The van der Waals surface area contributed by atoms with E-state index in [2.05, 4.69) is 10.5 Å². The van der Waals surface area contributed by atoms with Crippen LogP contribution in [0.5, 0.6) is 0 Å². The second kappa shape index (κ2) is 8.45. The molecule has 150 valence electrons. The molecule has 1 amide bonds. The van der Waals surface area contributed by atoms with Crippen LogP contribution < -0.4 is 5.43 Å². The van der Waals surface area contributed by atoms with Gasteiger partial charge in [0.25, 0.3) is 0 Å². The van der Waals surface area contributed by atoms with Crippen molar-refractivity contribution in [1.82, 2.24) is 5.43 Å². The standard InChI is InChI=1S/C22H22N2O4S/c1-15-9-11-20(16(2)13-15)17(3)23-24-22(25)21-12-10-18(28-21)14-29(26,27)19-7-5-4-6-8-19/h4-13H,14H2,1-3H3,(H,24,25)/b23-17-. The largest absolute Gasteiger partial charge is 0.455 e. The lowest BCUT2D eigenvalue weighted by molar-refractivity contribution is 0.0925. The lowest BCUT2D eigenvalue weighted by atomic mass is 10.0. The Labute approximate surface area is 170 Å². The summed E-state index contributed by atoms with van der Waals surface area (Å²) in [5.74, 6) is -0.679. The van der Waals surface area contributed by atoms with Crippen LogP contribution in [0.4, 0.5) is 0 Å². The molecule has 3 rings (SSSR count). The molecule has 0 radical (unpaired) electrons. The Morgan fingerprint density at radius 1 is 1.03 bits per heavy atom. The number of hydrazone groups is 1. The quantitative estimate of drug-likeness (QED) is 0.491. The Bertz CT molecular complexity index is 1160. The Morgan fingerprint density at radius 3 is 2.45 bits per heavy atom. The van der Waals surface area contributed by atoms with Gasteiger partial charge in [-0.05, 0) is 50.6 Å². The molecule has 0 fully saturated rings. The number of nitrogens with one attached hydrogen (secondary N) is 1. The second-order valence-electron chi connectivity index (χ2n) is 6.79. The van der Waals surface area contributed by atoms with Crippen LogP contribution in [-0.4, -0.2) is 20.0 Å². The summed E-state index contributed by atoms with van der Waals surface area (Å²) in [4.78, 5) is 12.5. The summed E-state index contributed by atoms with van der Waals surface area (Å²) in [5, 5.41) is 4.13. The number of hydrogen-bond acceptors (Lipinski definition) is 5. The maximum absolute atomic E-state index is 12.4. The molecule has 0 bridgehead atoms. The van der Waals surface area contributed by atoms with Crippen molar-refractivity contribution >= 4 is 21.5 Å². The summed E-state index contributed by atoms with van der Waals surface area (Å²) in [6.45, 7) is 5.80. The van der Waals surface area contributed by atoms with Crippen LogP contribution in [0.25, 0.3) is 0 Å². The van der Waals surface area contributed by atoms with Crippen LogP contribution in [0.3, 0.4) is 0 Å². The van der Waals surface area contributed by atoms with Gasteiger partial charge in [0.05, 0.1) is 10.6 Å². The number of furan rings is 1. The molecule has 3 aromatic rings. The molecular formula is C22H22N2O4S. The molecule has 0 saturated heterocycles. The lowest BCUT2D eigenvalue weighted by Gasteiger charge is -2.06. The van der Waals surface area contributed by atoms with Crippen LogP contribution in [0, 0.1) is 13.8 Å². The summed E-state index contributed by atoms with van der Waals surface area (Å²) >= 11 is 0. The highest BCUT2D eigenvalue weighted by Gasteiger charge is 2.19. The first-order valence-corrected chi connectivity index (χ1v) is 10.7. The van der Waals surface area contributed by atoms with E-state index in [9.17, 15) is 13.2 Å². The van der Waals surface area contributed by atoms with Crippen molar-refractivity contribution in [3.8, 4) is 0 Å². The third-order valence-electron chi connectivity index (χ3n) is 4.42. The molecule has 7 heteroatoms. The zero-order valence-electron chi connectivity index (χ0n) is 16.5. The topological polar surface area (TPSA) is 88.7 Å². The first-order chi connectivity index (χ1) is 13.8. The van der Waals surface area contributed by atoms with Gasteiger partial charge in [-0.1, -0.05) is 42.0 Å². The van der Waals surface area contributed by atoms with E-state index in [0.717, 1.165) is 16.7 Å². The molecule has 6 nitrogen and oxygen atoms in total. The average molecular weight is 410 g/mol. The predicted octanol–water partition coefficient (Wildman–Crippen LogP) is 4.02. The zero-order valence-corrected chi connectivity index (χ0v) is 17.3. The molecule has 1 heterocycles. The van der Waals surface area contributed by atoms with Crippen molar-refractivity contribution < 1.29 is 17.6 Å². The van der Waals surface area contributed by atoms with Crippen molar-refractivity contribution in [3.63, 3.8) is 0 Å². The molecule has 1 aromatic heterocycles. The Morgan fingerprint density at radius 2 is 1.76 bits per heavy atom. The number of hydrogen-bond donors (Lipinski definition) is 1. The van der Waals surface area contributed by atoms with Crippen LogP contribution in [0.15, 0.2) is 75.1 Å². The number of nitrogens with zero attached hydrogens (tertiary/aromatic N) is 1. The molecule has 0 atom stereocenters. The third kappa shape index (κ3) is 5.00. The van der Waals surface area contributed by atoms with Gasteiger partial charge >= 0.3 is 5.91 Å². The van der Waals surface area contributed by atoms with Crippen molar-refractivity contribution in [3.05, 3.63) is 88.9 Å². The Kier molecular flexibility index (Phi) is 5.98. The SMILES string of the molecule is C/C(=N/NC(=O)c1ccc(CS(=O)(=O)c2ccccc2)o1)c1ccc(C)cc1C. The first kappa shape index (κ1) is 20.5. The van der Waals surface area contributed by atoms with Crippen molar-refractivity contribution in [1.29, 1.82) is 0 Å². The van der Waals surface area contributed by atoms with Gasteiger partial charge in [0.2, 0.25) is 0 Å². The van der Waals surface area contributed by atoms with Crippen LogP contribution in [-0.2, 0) is 15.6 Å². The fraction of sp³-hybridized carbons (Fsp3) is 0.182. The number of sulfone groups is 1. The van der Waals surface area contributed by atoms with Crippen molar-refractivity contribution in [2.75, 3.05) is 0 Å². The van der Waals surface area contributed by atoms with Gasteiger partial charge < -0.3 is 4.42 Å². The van der Waals surface area contributed by atoms with E-state index < -0.39 is 15.7 Å². The van der Waals surface area contributed by atoms with Gasteiger partial charge in [-0.2, -0.15) is 5.10 Å². The van der Waals surface area contributed by atoms with Crippen molar-refractivity contribution in [2.24, 2.45) is 5.10 Å². The first-order valence-electron chi connectivity index (χ1n) is 9.05. The van der Waals surface area contributed by atoms with Crippen LogP contribution in [0.1, 0.15) is 39.9 Å². The monoisotopic (exact) mass is 410 g/mol. The molecular weight excluding hydrogens is 388 g/mol. The van der Waals surface area contributed by atoms with Crippen LogP contribution >= 0.6 is 0 Å². The molecule has 0 saturated carbocycles. The highest BCUT2D eigenvalue weighted by Crippen LogP contribution is 2.18. The Balaban J connectivity index is 1.69. The zero-order chi connectivity index (χ0) is 21.0. The van der Waals surface area contributed by atoms with E-state index in [1.54, 1.807) is 25.1 Å². The van der Waals surface area contributed by atoms with E-state index in [1.165, 1.54) is 24.3 Å². The maximum Gasteiger partial charge on any atom is 0.307 e. The highest BCUT2D eigenvalue weighted by atomic mass is 32.2. The molecule has 1 N–H and O–H groups in total. The fourth-order valence-electron chi connectivity index (χ4n) is 2.95. The molecule has 0 aliphatic rings. The van der Waals surface area contributed by atoms with E-state index in [-0.39, 0.29) is 22.2 Å².